The Morgan fingerprint density at radius 1 is 1.06 bits per heavy atom. The van der Waals surface area contributed by atoms with Crippen LogP contribution in [-0.2, 0) is 4.79 Å². The van der Waals surface area contributed by atoms with Crippen LogP contribution >= 0.6 is 35.3 Å². The van der Waals surface area contributed by atoms with Gasteiger partial charge in [-0.2, -0.15) is 0 Å². The van der Waals surface area contributed by atoms with Gasteiger partial charge in [0.25, 0.3) is 5.56 Å². The van der Waals surface area contributed by atoms with Gasteiger partial charge in [0.2, 0.25) is 5.91 Å². The van der Waals surface area contributed by atoms with Crippen LogP contribution in [0.25, 0.3) is 21.7 Å². The van der Waals surface area contributed by atoms with Crippen LogP contribution in [0.3, 0.4) is 0 Å². The van der Waals surface area contributed by atoms with E-state index in [2.05, 4.69) is 0 Å². The van der Waals surface area contributed by atoms with E-state index >= 15 is 0 Å². The van der Waals surface area contributed by atoms with E-state index in [9.17, 15) is 14.0 Å². The molecule has 6 nitrogen and oxygen atoms in total. The minimum Gasteiger partial charge on any atom is -0.342 e. The maximum atomic E-state index is 14.9. The minimum atomic E-state index is -0.547. The minimum absolute atomic E-state index is 0.0424. The third kappa shape index (κ3) is 5.16. The van der Waals surface area contributed by atoms with Gasteiger partial charge in [-0.25, -0.2) is 9.37 Å². The first-order valence-electron chi connectivity index (χ1n) is 11.8. The highest BCUT2D eigenvalue weighted by atomic mass is 32.2. The number of thiazole rings is 1. The topological polar surface area (TPSA) is 60.1 Å². The monoisotopic (exact) mass is 542 g/mol. The molecule has 10 heteroatoms. The Bertz CT molecular complexity index is 1520. The van der Waals surface area contributed by atoms with E-state index < -0.39 is 11.4 Å². The zero-order valence-corrected chi connectivity index (χ0v) is 22.8. The van der Waals surface area contributed by atoms with Gasteiger partial charge >= 0.3 is 0 Å². The van der Waals surface area contributed by atoms with Crippen molar-refractivity contribution >= 4 is 51.6 Å². The summed E-state index contributed by atoms with van der Waals surface area (Å²) < 4.78 is 18.7. The predicted octanol–water partition coefficient (Wildman–Crippen LogP) is 6.16. The number of benzene rings is 2. The Morgan fingerprint density at radius 3 is 2.33 bits per heavy atom. The summed E-state index contributed by atoms with van der Waals surface area (Å²) in [6, 6.07) is 13.8. The van der Waals surface area contributed by atoms with Crippen LogP contribution in [0, 0.1) is 16.7 Å². The summed E-state index contributed by atoms with van der Waals surface area (Å²) in [4.78, 5) is 33.4. The molecule has 0 fully saturated rings. The van der Waals surface area contributed by atoms with Crippen molar-refractivity contribution in [2.24, 2.45) is 0 Å². The lowest BCUT2D eigenvalue weighted by Crippen LogP contribution is -2.34. The van der Waals surface area contributed by atoms with E-state index in [4.69, 9.17) is 17.2 Å². The van der Waals surface area contributed by atoms with Crippen LogP contribution in [0.15, 0.2) is 58.5 Å². The number of fused-ring (bicyclic) bond motifs is 1. The SMILES string of the molecule is CCCN(CCC)C(=O)CSc1nc2c(sc(=S)n2-c2ccccc2C)c(=O)n1-c1ccccc1F. The lowest BCUT2D eigenvalue weighted by atomic mass is 10.2. The van der Waals surface area contributed by atoms with Crippen molar-refractivity contribution in [1.82, 2.24) is 19.0 Å². The van der Waals surface area contributed by atoms with Crippen molar-refractivity contribution in [2.75, 3.05) is 18.8 Å². The number of hydrogen-bond acceptors (Lipinski definition) is 6. The molecule has 0 saturated heterocycles. The van der Waals surface area contributed by atoms with Crippen molar-refractivity contribution in [2.45, 2.75) is 38.8 Å². The van der Waals surface area contributed by atoms with E-state index in [1.165, 1.54) is 16.7 Å². The Balaban J connectivity index is 1.90. The van der Waals surface area contributed by atoms with E-state index in [0.717, 1.165) is 47.2 Å². The average molecular weight is 543 g/mol. The highest BCUT2D eigenvalue weighted by Gasteiger charge is 2.22. The second-order valence-electron chi connectivity index (χ2n) is 8.30. The number of nitrogens with zero attached hydrogens (tertiary/aromatic N) is 4. The van der Waals surface area contributed by atoms with Crippen molar-refractivity contribution in [3.8, 4) is 11.4 Å². The van der Waals surface area contributed by atoms with E-state index in [1.54, 1.807) is 16.7 Å². The first-order chi connectivity index (χ1) is 17.4. The lowest BCUT2D eigenvalue weighted by Gasteiger charge is -2.21. The molecular weight excluding hydrogens is 516 g/mol. The number of carbonyl (C=O) groups excluding carboxylic acids is 1. The molecule has 2 heterocycles. The number of rotatable bonds is 9. The second-order valence-corrected chi connectivity index (χ2v) is 10.9. The molecule has 0 atom stereocenters. The number of halogens is 1. The quantitative estimate of drug-likeness (QED) is 0.144. The number of hydrogen-bond donors (Lipinski definition) is 0. The number of para-hydroxylation sites is 2. The molecule has 0 N–H and O–H groups in total. The summed E-state index contributed by atoms with van der Waals surface area (Å²) in [5.74, 6) is -0.504. The summed E-state index contributed by atoms with van der Waals surface area (Å²) in [6.45, 7) is 7.35. The largest absolute Gasteiger partial charge is 0.342 e. The van der Waals surface area contributed by atoms with Crippen LogP contribution in [-0.4, -0.2) is 43.8 Å². The van der Waals surface area contributed by atoms with Gasteiger partial charge in [0.05, 0.1) is 17.1 Å². The molecule has 188 valence electrons. The van der Waals surface area contributed by atoms with Gasteiger partial charge < -0.3 is 4.90 Å². The third-order valence-electron chi connectivity index (χ3n) is 5.69. The van der Waals surface area contributed by atoms with Crippen LogP contribution in [0.2, 0.25) is 0 Å². The van der Waals surface area contributed by atoms with Crippen molar-refractivity contribution in [3.05, 3.63) is 74.2 Å². The third-order valence-corrected chi connectivity index (χ3v) is 7.97. The predicted molar refractivity (Wildman–Crippen MR) is 148 cm³/mol. The molecule has 2 aromatic carbocycles. The molecule has 36 heavy (non-hydrogen) atoms. The zero-order chi connectivity index (χ0) is 25.8. The van der Waals surface area contributed by atoms with Gasteiger partial charge in [-0.15, -0.1) is 0 Å². The van der Waals surface area contributed by atoms with Gasteiger partial charge in [0.15, 0.2) is 14.8 Å². The molecule has 0 radical (unpaired) electrons. The normalized spacial score (nSPS) is 11.2. The fourth-order valence-electron chi connectivity index (χ4n) is 4.02. The fraction of sp³-hybridized carbons (Fsp3) is 0.308. The second kappa shape index (κ2) is 11.5. The van der Waals surface area contributed by atoms with Crippen molar-refractivity contribution < 1.29 is 9.18 Å². The first-order valence-corrected chi connectivity index (χ1v) is 14.0. The maximum absolute atomic E-state index is 14.9. The first kappa shape index (κ1) is 26.2. The molecule has 0 aliphatic heterocycles. The number of carbonyl (C=O) groups is 1. The number of thioether (sulfide) groups is 1. The highest BCUT2D eigenvalue weighted by Crippen LogP contribution is 2.29. The number of amides is 1. The molecule has 0 saturated carbocycles. The molecule has 0 bridgehead atoms. The lowest BCUT2D eigenvalue weighted by molar-refractivity contribution is -0.128. The fourth-order valence-corrected chi connectivity index (χ4v) is 6.21. The Morgan fingerprint density at radius 2 is 1.69 bits per heavy atom. The Labute approximate surface area is 222 Å². The zero-order valence-electron chi connectivity index (χ0n) is 20.4. The van der Waals surface area contributed by atoms with Crippen LogP contribution in [0.5, 0.6) is 0 Å². The highest BCUT2D eigenvalue weighted by molar-refractivity contribution is 7.99. The Hall–Kier alpha value is -2.82. The number of aryl methyl sites for hydroxylation is 1. The van der Waals surface area contributed by atoms with Crippen LogP contribution in [0.4, 0.5) is 4.39 Å². The molecule has 0 aliphatic rings. The van der Waals surface area contributed by atoms with Gasteiger partial charge in [0, 0.05) is 13.1 Å². The molecule has 0 spiro atoms. The van der Waals surface area contributed by atoms with Crippen molar-refractivity contribution in [3.63, 3.8) is 0 Å². The van der Waals surface area contributed by atoms with E-state index in [1.807, 2.05) is 49.9 Å². The van der Waals surface area contributed by atoms with Crippen LogP contribution < -0.4 is 5.56 Å². The molecule has 1 amide bonds. The van der Waals surface area contributed by atoms with E-state index in [0.29, 0.717) is 27.4 Å². The number of aromatic nitrogens is 3. The molecule has 2 aromatic heterocycles. The molecule has 0 aliphatic carbocycles. The molecular formula is C26H27FN4O2S3. The summed E-state index contributed by atoms with van der Waals surface area (Å²) in [7, 11) is 0. The van der Waals surface area contributed by atoms with Gasteiger partial charge in [-0.3, -0.25) is 18.7 Å². The maximum Gasteiger partial charge on any atom is 0.278 e. The van der Waals surface area contributed by atoms with Gasteiger partial charge in [-0.1, -0.05) is 67.3 Å². The summed E-state index contributed by atoms with van der Waals surface area (Å²) in [5.41, 5.74) is 1.89. The van der Waals surface area contributed by atoms with E-state index in [-0.39, 0.29) is 22.5 Å². The summed E-state index contributed by atoms with van der Waals surface area (Å²) in [6.07, 6.45) is 1.71. The van der Waals surface area contributed by atoms with Gasteiger partial charge in [-0.05, 0) is 55.7 Å². The smallest absolute Gasteiger partial charge is 0.278 e. The molecule has 4 rings (SSSR count). The van der Waals surface area contributed by atoms with Gasteiger partial charge in [0.1, 0.15) is 10.5 Å². The Kier molecular flexibility index (Phi) is 8.38. The summed E-state index contributed by atoms with van der Waals surface area (Å²) in [5, 5.41) is 0.244. The molecule has 4 aromatic rings. The average Bonchev–Trinajstić information content (AvgIpc) is 3.19. The van der Waals surface area contributed by atoms with Crippen LogP contribution in [0.1, 0.15) is 32.3 Å². The molecule has 0 unspecified atom stereocenters. The standard InChI is InChI=1S/C26H27FN4O2S3/c1-4-14-29(15-5-2)21(32)16-35-25-28-23-22(24(33)31(25)20-13-9-7-11-18(20)27)36-26(34)30(23)19-12-8-6-10-17(19)3/h6-13H,4-5,14-16H2,1-3H3. The summed E-state index contributed by atoms with van der Waals surface area (Å²) >= 11 is 7.92. The van der Waals surface area contributed by atoms with Crippen molar-refractivity contribution in [1.29, 1.82) is 0 Å².